The summed E-state index contributed by atoms with van der Waals surface area (Å²) in [5.74, 6) is -0.794. The monoisotopic (exact) mass is 401 g/mol. The number of carbonyl (C=O) groups excluding carboxylic acids is 1. The lowest BCUT2D eigenvalue weighted by Crippen LogP contribution is -2.41. The second-order valence-corrected chi connectivity index (χ2v) is 6.77. The lowest BCUT2D eigenvalue weighted by atomic mass is 10.1. The quantitative estimate of drug-likeness (QED) is 0.530. The summed E-state index contributed by atoms with van der Waals surface area (Å²) in [7, 11) is 0. The molecule has 0 saturated heterocycles. The zero-order chi connectivity index (χ0) is 21.2. The van der Waals surface area contributed by atoms with Gasteiger partial charge in [-0.1, -0.05) is 72.8 Å². The summed E-state index contributed by atoms with van der Waals surface area (Å²) >= 11 is 0. The molecule has 0 aliphatic heterocycles. The van der Waals surface area contributed by atoms with E-state index in [1.807, 2.05) is 84.9 Å². The van der Waals surface area contributed by atoms with E-state index >= 15 is 0 Å². The van der Waals surface area contributed by atoms with Crippen LogP contribution in [0, 0.1) is 0 Å². The first-order chi connectivity index (χ1) is 14.6. The molecule has 5 nitrogen and oxygen atoms in total. The number of hydrogen-bond donors (Lipinski definition) is 2. The first-order valence-electron chi connectivity index (χ1n) is 9.62. The third kappa shape index (κ3) is 6.63. The number of ether oxygens (including phenoxy) is 1. The fourth-order valence-electron chi connectivity index (χ4n) is 2.86. The van der Waals surface area contributed by atoms with Gasteiger partial charge >= 0.3 is 5.97 Å². The van der Waals surface area contributed by atoms with Crippen molar-refractivity contribution in [1.29, 1.82) is 0 Å². The summed E-state index contributed by atoms with van der Waals surface area (Å²) in [5.41, 5.74) is 2.74. The fraction of sp³-hybridized carbons (Fsp3) is 0.120. The predicted molar refractivity (Wildman–Crippen MR) is 116 cm³/mol. The average Bonchev–Trinajstić information content (AvgIpc) is 2.78. The largest absolute Gasteiger partial charge is 0.489 e. The number of aliphatic carboxylic acids is 1. The SMILES string of the molecule is O=C(C=Cc1ccc(OCc2ccccc2)cc1)N[C@@H](Cc1ccccc1)C(=O)O. The van der Waals surface area contributed by atoms with Crippen molar-refractivity contribution in [3.63, 3.8) is 0 Å². The summed E-state index contributed by atoms with van der Waals surface area (Å²) in [5, 5.41) is 11.9. The van der Waals surface area contributed by atoms with Gasteiger partial charge in [0.1, 0.15) is 18.4 Å². The molecule has 0 aliphatic rings. The molecular weight excluding hydrogens is 378 g/mol. The number of nitrogens with one attached hydrogen (secondary N) is 1. The number of carboxylic acids is 1. The lowest BCUT2D eigenvalue weighted by molar-refractivity contribution is -0.141. The summed E-state index contributed by atoms with van der Waals surface area (Å²) in [6.45, 7) is 0.483. The smallest absolute Gasteiger partial charge is 0.326 e. The van der Waals surface area contributed by atoms with Gasteiger partial charge in [0, 0.05) is 12.5 Å². The maximum atomic E-state index is 12.2. The van der Waals surface area contributed by atoms with E-state index in [0.29, 0.717) is 6.61 Å². The van der Waals surface area contributed by atoms with Crippen LogP contribution in [-0.2, 0) is 22.6 Å². The zero-order valence-corrected chi connectivity index (χ0v) is 16.4. The number of carbonyl (C=O) groups is 2. The number of carboxylic acid groups (broad SMARTS) is 1. The van der Waals surface area contributed by atoms with Crippen LogP contribution in [-0.4, -0.2) is 23.0 Å². The predicted octanol–water partition coefficient (Wildman–Crippen LogP) is 4.09. The highest BCUT2D eigenvalue weighted by molar-refractivity contribution is 5.94. The number of amides is 1. The van der Waals surface area contributed by atoms with Crippen molar-refractivity contribution in [2.45, 2.75) is 19.1 Å². The minimum absolute atomic E-state index is 0.225. The maximum absolute atomic E-state index is 12.2. The fourth-order valence-corrected chi connectivity index (χ4v) is 2.86. The van der Waals surface area contributed by atoms with Crippen LogP contribution in [0.2, 0.25) is 0 Å². The van der Waals surface area contributed by atoms with Crippen LogP contribution in [0.1, 0.15) is 16.7 Å². The van der Waals surface area contributed by atoms with Crippen LogP contribution >= 0.6 is 0 Å². The van der Waals surface area contributed by atoms with E-state index < -0.39 is 17.9 Å². The van der Waals surface area contributed by atoms with Crippen molar-refractivity contribution in [1.82, 2.24) is 5.32 Å². The molecule has 3 rings (SSSR count). The topological polar surface area (TPSA) is 75.6 Å². The molecule has 30 heavy (non-hydrogen) atoms. The van der Waals surface area contributed by atoms with Crippen molar-refractivity contribution < 1.29 is 19.4 Å². The van der Waals surface area contributed by atoms with E-state index in [4.69, 9.17) is 4.74 Å². The molecule has 0 bridgehead atoms. The van der Waals surface area contributed by atoms with Gasteiger partial charge in [0.2, 0.25) is 5.91 Å². The Morgan fingerprint density at radius 3 is 2.07 bits per heavy atom. The molecule has 0 fully saturated rings. The van der Waals surface area contributed by atoms with Gasteiger partial charge < -0.3 is 15.2 Å². The van der Waals surface area contributed by atoms with E-state index in [1.165, 1.54) is 6.08 Å². The molecule has 0 unspecified atom stereocenters. The zero-order valence-electron chi connectivity index (χ0n) is 16.4. The van der Waals surface area contributed by atoms with Gasteiger partial charge in [-0.15, -0.1) is 0 Å². The second kappa shape index (κ2) is 10.6. The molecule has 5 heteroatoms. The van der Waals surface area contributed by atoms with Crippen LogP contribution in [0.25, 0.3) is 6.08 Å². The molecule has 3 aromatic rings. The van der Waals surface area contributed by atoms with E-state index in [9.17, 15) is 14.7 Å². The molecule has 0 heterocycles. The molecule has 0 spiro atoms. The van der Waals surface area contributed by atoms with Crippen molar-refractivity contribution in [3.05, 3.63) is 108 Å². The molecule has 1 amide bonds. The Hall–Kier alpha value is -3.86. The third-order valence-electron chi connectivity index (χ3n) is 4.45. The van der Waals surface area contributed by atoms with Crippen LogP contribution in [0.15, 0.2) is 91.0 Å². The highest BCUT2D eigenvalue weighted by Gasteiger charge is 2.19. The maximum Gasteiger partial charge on any atom is 0.326 e. The van der Waals surface area contributed by atoms with E-state index in [2.05, 4.69) is 5.32 Å². The normalized spacial score (nSPS) is 11.7. The summed E-state index contributed by atoms with van der Waals surface area (Å²) in [6.07, 6.45) is 3.20. The van der Waals surface area contributed by atoms with Crippen LogP contribution in [0.3, 0.4) is 0 Å². The van der Waals surface area contributed by atoms with Gasteiger partial charge in [-0.3, -0.25) is 4.79 Å². The summed E-state index contributed by atoms with van der Waals surface area (Å²) < 4.78 is 5.74. The van der Waals surface area contributed by atoms with Crippen LogP contribution < -0.4 is 10.1 Å². The summed E-state index contributed by atoms with van der Waals surface area (Å²) in [6, 6.07) is 25.4. The van der Waals surface area contributed by atoms with Crippen molar-refractivity contribution >= 4 is 18.0 Å². The second-order valence-electron chi connectivity index (χ2n) is 6.77. The number of rotatable bonds is 9. The van der Waals surface area contributed by atoms with E-state index in [1.54, 1.807) is 6.08 Å². The van der Waals surface area contributed by atoms with Gasteiger partial charge in [-0.2, -0.15) is 0 Å². The van der Waals surface area contributed by atoms with Crippen molar-refractivity contribution in [3.8, 4) is 5.75 Å². The average molecular weight is 401 g/mol. The van der Waals surface area contributed by atoms with Gasteiger partial charge in [-0.25, -0.2) is 4.79 Å². The Morgan fingerprint density at radius 1 is 0.867 bits per heavy atom. The Bertz CT molecular complexity index is 983. The Labute approximate surface area is 175 Å². The molecular formula is C25H23NO4. The van der Waals surface area contributed by atoms with Gasteiger partial charge in [0.15, 0.2) is 0 Å². The minimum Gasteiger partial charge on any atom is -0.489 e. The van der Waals surface area contributed by atoms with Crippen molar-refractivity contribution in [2.75, 3.05) is 0 Å². The molecule has 1 atom stereocenters. The highest BCUT2D eigenvalue weighted by atomic mass is 16.5. The number of benzene rings is 3. The van der Waals surface area contributed by atoms with Crippen LogP contribution in [0.4, 0.5) is 0 Å². The van der Waals surface area contributed by atoms with Crippen molar-refractivity contribution in [2.24, 2.45) is 0 Å². The van der Waals surface area contributed by atoms with Gasteiger partial charge in [0.05, 0.1) is 0 Å². The Kier molecular flexibility index (Phi) is 7.39. The summed E-state index contributed by atoms with van der Waals surface area (Å²) in [4.78, 5) is 23.6. The third-order valence-corrected chi connectivity index (χ3v) is 4.45. The minimum atomic E-state index is -1.07. The molecule has 152 valence electrons. The standard InChI is InChI=1S/C25H23NO4/c27-24(26-23(25(28)29)17-20-7-3-1-4-8-20)16-13-19-11-14-22(15-12-19)30-18-21-9-5-2-6-10-21/h1-16,23H,17-18H2,(H,26,27)(H,28,29)/t23-/m0/s1. The molecule has 3 aromatic carbocycles. The highest BCUT2D eigenvalue weighted by Crippen LogP contribution is 2.15. The van der Waals surface area contributed by atoms with Crippen LogP contribution in [0.5, 0.6) is 5.75 Å². The molecule has 0 aliphatic carbocycles. The molecule has 2 N–H and O–H groups in total. The molecule has 0 aromatic heterocycles. The first-order valence-corrected chi connectivity index (χ1v) is 9.62. The Morgan fingerprint density at radius 2 is 1.47 bits per heavy atom. The first kappa shape index (κ1) is 20.9. The lowest BCUT2D eigenvalue weighted by Gasteiger charge is -2.13. The van der Waals surface area contributed by atoms with E-state index in [-0.39, 0.29) is 6.42 Å². The molecule has 0 radical (unpaired) electrons. The molecule has 0 saturated carbocycles. The Balaban J connectivity index is 1.52. The van der Waals surface area contributed by atoms with E-state index in [0.717, 1.165) is 22.4 Å². The number of hydrogen-bond acceptors (Lipinski definition) is 3. The van der Waals surface area contributed by atoms with Gasteiger partial charge in [-0.05, 0) is 34.9 Å². The van der Waals surface area contributed by atoms with Gasteiger partial charge in [0.25, 0.3) is 0 Å².